The van der Waals surface area contributed by atoms with Gasteiger partial charge in [-0.05, 0) is 75.4 Å². The number of nitrogens with zero attached hydrogens (tertiary/aromatic N) is 2. The number of ether oxygens (including phenoxy) is 2. The van der Waals surface area contributed by atoms with E-state index in [0.29, 0.717) is 29.3 Å². The molecule has 2 aromatic carbocycles. The number of nitrogens with two attached hydrogens (primary N) is 1. The molecule has 3 heterocycles. The van der Waals surface area contributed by atoms with Crippen molar-refractivity contribution in [2.24, 2.45) is 10.9 Å². The molecule has 3 N–H and O–H groups in total. The van der Waals surface area contributed by atoms with Crippen molar-refractivity contribution in [1.29, 1.82) is 0 Å². The van der Waals surface area contributed by atoms with Crippen LogP contribution in [0.25, 0.3) is 11.0 Å². The molecule has 214 valence electrons. The molecule has 0 saturated carbocycles. The lowest BCUT2D eigenvalue weighted by Gasteiger charge is -2.19. The molecule has 2 aliphatic rings. The number of hydrogen-bond donors (Lipinski definition) is 2. The summed E-state index contributed by atoms with van der Waals surface area (Å²) in [6.07, 6.45) is 2.84. The number of carbonyl (C=O) groups excluding carboxylic acids is 1. The Bertz CT molecular complexity index is 1210. The maximum atomic E-state index is 12.9. The van der Waals surface area contributed by atoms with Gasteiger partial charge in [-0.3, -0.25) is 4.79 Å². The van der Waals surface area contributed by atoms with Crippen LogP contribution in [-0.2, 0) is 10.7 Å². The third-order valence-electron chi connectivity index (χ3n) is 5.81. The van der Waals surface area contributed by atoms with Gasteiger partial charge in [0.15, 0.2) is 23.5 Å². The second-order valence-electron chi connectivity index (χ2n) is 8.24. The summed E-state index contributed by atoms with van der Waals surface area (Å²) in [5.74, 6) is -2.77. The summed E-state index contributed by atoms with van der Waals surface area (Å²) in [5, 5.41) is 13.6. The molecule has 5 rings (SSSR count). The molecule has 2 aliphatic heterocycles. The standard InChI is InChI=1S/C15H20N2O3.C10H5ClF2O2.C2H6.CH5N/c18-16-13(5-8-17-6-1-2-7-17)12-3-4-14-15(11-12)20-10-9-19-14;11-7-1-2-8-6(3-7)4-9(15-8)10(12,13)5-14;2*1-2/h3-4,11,18H,1-2,5-10H2;1-5H;1-2H3;2H2,1H3/b16-13-;;;. The van der Waals surface area contributed by atoms with Gasteiger partial charge < -0.3 is 29.7 Å². The summed E-state index contributed by atoms with van der Waals surface area (Å²) in [7, 11) is 1.50. The summed E-state index contributed by atoms with van der Waals surface area (Å²) in [6.45, 7) is 8.39. The van der Waals surface area contributed by atoms with Gasteiger partial charge >= 0.3 is 5.92 Å². The minimum atomic E-state index is -3.59. The van der Waals surface area contributed by atoms with Crippen molar-refractivity contribution in [3.8, 4) is 11.5 Å². The number of likely N-dealkylation sites (tertiary alicyclic amines) is 1. The first-order valence-electron chi connectivity index (χ1n) is 12.8. The predicted octanol–water partition coefficient (Wildman–Crippen LogP) is 6.10. The van der Waals surface area contributed by atoms with Gasteiger partial charge in [-0.1, -0.05) is 30.6 Å². The van der Waals surface area contributed by atoms with Gasteiger partial charge in [-0.25, -0.2) is 0 Å². The quantitative estimate of drug-likeness (QED) is 0.160. The van der Waals surface area contributed by atoms with Crippen molar-refractivity contribution in [3.63, 3.8) is 0 Å². The summed E-state index contributed by atoms with van der Waals surface area (Å²) < 4.78 is 41.8. The maximum absolute atomic E-state index is 12.9. The van der Waals surface area contributed by atoms with Gasteiger partial charge in [-0.15, -0.1) is 0 Å². The Morgan fingerprint density at radius 3 is 2.38 bits per heavy atom. The number of furan rings is 1. The van der Waals surface area contributed by atoms with E-state index in [0.717, 1.165) is 49.2 Å². The lowest BCUT2D eigenvalue weighted by atomic mass is 10.1. The Kier molecular flexibility index (Phi) is 13.1. The number of aldehydes is 1. The number of alkyl halides is 2. The number of benzene rings is 2. The average molecular weight is 568 g/mol. The maximum Gasteiger partial charge on any atom is 0.358 e. The Hall–Kier alpha value is -3.21. The molecular formula is C28H36ClF2N3O5. The van der Waals surface area contributed by atoms with E-state index < -0.39 is 18.0 Å². The van der Waals surface area contributed by atoms with Crippen molar-refractivity contribution in [2.75, 3.05) is 39.9 Å². The Morgan fingerprint density at radius 1 is 1.08 bits per heavy atom. The highest BCUT2D eigenvalue weighted by atomic mass is 35.5. The molecule has 3 aromatic rings. The highest BCUT2D eigenvalue weighted by Gasteiger charge is 2.35. The zero-order chi connectivity index (χ0) is 28.8. The molecule has 0 amide bonds. The predicted molar refractivity (Wildman–Crippen MR) is 149 cm³/mol. The fraction of sp³-hybridized carbons (Fsp3) is 0.429. The second-order valence-corrected chi connectivity index (χ2v) is 8.67. The Morgan fingerprint density at radius 2 is 1.74 bits per heavy atom. The van der Waals surface area contributed by atoms with Crippen LogP contribution in [0, 0.1) is 0 Å². The fourth-order valence-electron chi connectivity index (χ4n) is 3.98. The van der Waals surface area contributed by atoms with Crippen LogP contribution in [0.15, 0.2) is 52.0 Å². The normalized spacial score (nSPS) is 14.8. The molecular weight excluding hydrogens is 532 g/mol. The van der Waals surface area contributed by atoms with Crippen LogP contribution in [-0.4, -0.2) is 62.0 Å². The molecule has 0 aliphatic carbocycles. The van der Waals surface area contributed by atoms with E-state index in [1.165, 1.54) is 38.1 Å². The van der Waals surface area contributed by atoms with Crippen molar-refractivity contribution in [2.45, 2.75) is 39.0 Å². The highest BCUT2D eigenvalue weighted by molar-refractivity contribution is 6.31. The molecule has 1 fully saturated rings. The highest BCUT2D eigenvalue weighted by Crippen LogP contribution is 2.32. The molecule has 0 atom stereocenters. The van der Waals surface area contributed by atoms with Gasteiger partial charge in [0, 0.05) is 28.9 Å². The fourth-order valence-corrected chi connectivity index (χ4v) is 4.16. The van der Waals surface area contributed by atoms with Crippen molar-refractivity contribution < 1.29 is 32.7 Å². The van der Waals surface area contributed by atoms with Gasteiger partial charge in [0.25, 0.3) is 0 Å². The topological polar surface area (TPSA) is 111 Å². The number of hydrogen-bond acceptors (Lipinski definition) is 8. The van der Waals surface area contributed by atoms with Crippen LogP contribution in [0.4, 0.5) is 8.78 Å². The van der Waals surface area contributed by atoms with E-state index in [4.69, 9.17) is 25.5 Å². The summed E-state index contributed by atoms with van der Waals surface area (Å²) in [6, 6.07) is 11.3. The van der Waals surface area contributed by atoms with Crippen LogP contribution in [0.3, 0.4) is 0 Å². The Labute approximate surface area is 232 Å². The van der Waals surface area contributed by atoms with E-state index in [9.17, 15) is 18.8 Å². The molecule has 8 nitrogen and oxygen atoms in total. The molecule has 0 radical (unpaired) electrons. The lowest BCUT2D eigenvalue weighted by Crippen LogP contribution is -2.23. The lowest BCUT2D eigenvalue weighted by molar-refractivity contribution is -0.132. The summed E-state index contributed by atoms with van der Waals surface area (Å²) in [4.78, 5) is 12.5. The van der Waals surface area contributed by atoms with Crippen molar-refractivity contribution >= 4 is 34.6 Å². The zero-order valence-electron chi connectivity index (χ0n) is 22.5. The minimum absolute atomic E-state index is 0.274. The van der Waals surface area contributed by atoms with Crippen LogP contribution < -0.4 is 15.2 Å². The molecule has 11 heteroatoms. The van der Waals surface area contributed by atoms with Gasteiger partial charge in [0.05, 0.1) is 5.71 Å². The molecule has 1 aromatic heterocycles. The van der Waals surface area contributed by atoms with Gasteiger partial charge in [0.2, 0.25) is 0 Å². The van der Waals surface area contributed by atoms with E-state index in [1.54, 1.807) is 0 Å². The van der Waals surface area contributed by atoms with Gasteiger partial charge in [-0.2, -0.15) is 8.78 Å². The molecule has 0 spiro atoms. The van der Waals surface area contributed by atoms with E-state index in [2.05, 4.69) is 15.8 Å². The molecule has 0 unspecified atom stereocenters. The first-order chi connectivity index (χ1) is 18.9. The summed E-state index contributed by atoms with van der Waals surface area (Å²) in [5.41, 5.74) is 6.38. The van der Waals surface area contributed by atoms with E-state index in [-0.39, 0.29) is 5.58 Å². The van der Waals surface area contributed by atoms with Crippen molar-refractivity contribution in [1.82, 2.24) is 4.90 Å². The number of carbonyl (C=O) groups is 1. The number of oxime groups is 1. The van der Waals surface area contributed by atoms with Crippen LogP contribution >= 0.6 is 11.6 Å². The second kappa shape index (κ2) is 16.0. The monoisotopic (exact) mass is 567 g/mol. The first-order valence-corrected chi connectivity index (χ1v) is 13.2. The van der Waals surface area contributed by atoms with Crippen molar-refractivity contribution in [3.05, 3.63) is 58.8 Å². The van der Waals surface area contributed by atoms with Crippen LogP contribution in [0.1, 0.15) is 44.4 Å². The third-order valence-corrected chi connectivity index (χ3v) is 6.05. The molecule has 39 heavy (non-hydrogen) atoms. The SMILES string of the molecule is CC.CN.O/N=C(/CCN1CCCC1)c1ccc2c(c1)OCCO2.O=CC(F)(F)c1cc2cc(Cl)ccc2o1. The van der Waals surface area contributed by atoms with Crippen LogP contribution in [0.2, 0.25) is 5.02 Å². The summed E-state index contributed by atoms with van der Waals surface area (Å²) >= 11 is 5.68. The van der Waals surface area contributed by atoms with Gasteiger partial charge in [0.1, 0.15) is 18.8 Å². The average Bonchev–Trinajstić information content (AvgIpc) is 3.66. The van der Waals surface area contributed by atoms with E-state index in [1.807, 2.05) is 32.0 Å². The molecule has 0 bridgehead atoms. The molecule has 1 saturated heterocycles. The largest absolute Gasteiger partial charge is 0.486 e. The van der Waals surface area contributed by atoms with E-state index >= 15 is 0 Å². The number of halogens is 3. The number of fused-ring (bicyclic) bond motifs is 2. The zero-order valence-corrected chi connectivity index (χ0v) is 23.2. The van der Waals surface area contributed by atoms with Crippen LogP contribution in [0.5, 0.6) is 11.5 Å². The first kappa shape index (κ1) is 32.0. The number of rotatable bonds is 6. The minimum Gasteiger partial charge on any atom is -0.486 e. The third kappa shape index (κ3) is 8.91. The Balaban J connectivity index is 0.000000250. The smallest absolute Gasteiger partial charge is 0.358 e.